The molecule has 42 heavy (non-hydrogen) atoms. The van der Waals surface area contributed by atoms with Crippen molar-refractivity contribution in [2.75, 3.05) is 32.8 Å². The first kappa shape index (κ1) is 28.0. The van der Waals surface area contributed by atoms with Crippen LogP contribution in [0.3, 0.4) is 0 Å². The fourth-order valence-electron chi connectivity index (χ4n) is 8.02. The number of likely N-dealkylation sites (tertiary alicyclic amines) is 1. The molecule has 1 aromatic carbocycles. The van der Waals surface area contributed by atoms with Crippen LogP contribution in [-0.4, -0.2) is 71.0 Å². The third kappa shape index (κ3) is 5.06. The van der Waals surface area contributed by atoms with Crippen LogP contribution in [0.15, 0.2) is 47.4 Å². The predicted octanol–water partition coefficient (Wildman–Crippen LogP) is 6.33. The molecule has 5 fully saturated rings. The number of aliphatic imine (C=N–C) groups is 1. The first-order chi connectivity index (χ1) is 20.4. The quantitative estimate of drug-likeness (QED) is 0.228. The highest BCUT2D eigenvalue weighted by Gasteiger charge is 2.45. The van der Waals surface area contributed by atoms with E-state index in [1.54, 1.807) is 0 Å². The van der Waals surface area contributed by atoms with Gasteiger partial charge in [0.2, 0.25) is 5.88 Å². The minimum atomic E-state index is -0.247. The van der Waals surface area contributed by atoms with Crippen molar-refractivity contribution in [3.05, 3.63) is 64.9 Å². The van der Waals surface area contributed by atoms with E-state index in [4.69, 9.17) is 14.7 Å². The normalized spacial score (nSPS) is 26.5. The van der Waals surface area contributed by atoms with Gasteiger partial charge in [-0.15, -0.1) is 0 Å². The standard InChI is InChI=1S/C35H46FN5O/c1-4-9-30(42-23-35-14-7-18-41(35)19-8-15-35)39-33(40-21-25-12-13-26(22-40)38-25)28-20-37-32(31(36)24(28)2)27-10-5-6-11-29(27)34(3)16-17-34/h5-6,9-11,20,25-26,38H,4,7-8,12-19,21-23H2,1-3H3/b30-9-,39-33+. The van der Waals surface area contributed by atoms with Crippen molar-refractivity contribution in [2.45, 2.75) is 102 Å². The second kappa shape index (κ2) is 11.1. The zero-order chi connectivity index (χ0) is 28.9. The van der Waals surface area contributed by atoms with Crippen LogP contribution in [-0.2, 0) is 10.2 Å². The lowest BCUT2D eigenvalue weighted by Crippen LogP contribution is -2.53. The number of halogens is 1. The second-order valence-corrected chi connectivity index (χ2v) is 13.7. The van der Waals surface area contributed by atoms with Crippen LogP contribution in [0.4, 0.5) is 4.39 Å². The molecule has 5 aliphatic rings. The number of amidine groups is 1. The lowest BCUT2D eigenvalue weighted by atomic mass is 9.90. The maximum absolute atomic E-state index is 16.4. The summed E-state index contributed by atoms with van der Waals surface area (Å²) in [6.07, 6.45) is 14.3. The fraction of sp³-hybridized carbons (Fsp3) is 0.600. The summed E-state index contributed by atoms with van der Waals surface area (Å²) in [5.41, 5.74) is 4.19. The van der Waals surface area contributed by atoms with Gasteiger partial charge in [0.05, 0.1) is 5.54 Å². The maximum atomic E-state index is 16.4. The van der Waals surface area contributed by atoms with Crippen LogP contribution in [0.1, 0.15) is 88.3 Å². The Hall–Kier alpha value is -2.77. The number of hydrogen-bond acceptors (Lipinski definition) is 5. The fourth-order valence-corrected chi connectivity index (χ4v) is 8.02. The van der Waals surface area contributed by atoms with E-state index in [-0.39, 0.29) is 16.8 Å². The average molecular weight is 572 g/mol. The van der Waals surface area contributed by atoms with Crippen molar-refractivity contribution in [3.8, 4) is 11.3 Å². The third-order valence-electron chi connectivity index (χ3n) is 10.7. The van der Waals surface area contributed by atoms with Crippen LogP contribution < -0.4 is 5.32 Å². The Morgan fingerprint density at radius 1 is 1.12 bits per heavy atom. The van der Waals surface area contributed by atoms with Crippen molar-refractivity contribution in [1.29, 1.82) is 0 Å². The average Bonchev–Trinajstić information content (AvgIpc) is 3.27. The van der Waals surface area contributed by atoms with Gasteiger partial charge in [0, 0.05) is 42.5 Å². The molecule has 1 aromatic heterocycles. The van der Waals surface area contributed by atoms with Crippen LogP contribution >= 0.6 is 0 Å². The molecule has 1 N–H and O–H groups in total. The molecule has 6 nitrogen and oxygen atoms in total. The highest BCUT2D eigenvalue weighted by Crippen LogP contribution is 2.50. The number of rotatable bonds is 8. The summed E-state index contributed by atoms with van der Waals surface area (Å²) in [5.74, 6) is 1.20. The van der Waals surface area contributed by atoms with Gasteiger partial charge in [0.15, 0.2) is 5.82 Å². The number of nitrogens with one attached hydrogen (secondary N) is 1. The van der Waals surface area contributed by atoms with Crippen LogP contribution in [0, 0.1) is 12.7 Å². The van der Waals surface area contributed by atoms with Gasteiger partial charge in [0.1, 0.15) is 18.1 Å². The van der Waals surface area contributed by atoms with E-state index in [0.29, 0.717) is 35.8 Å². The van der Waals surface area contributed by atoms with Gasteiger partial charge >= 0.3 is 0 Å². The molecule has 4 saturated heterocycles. The molecule has 2 bridgehead atoms. The molecule has 1 saturated carbocycles. The van der Waals surface area contributed by atoms with Gasteiger partial charge in [-0.25, -0.2) is 4.39 Å². The smallest absolute Gasteiger partial charge is 0.211 e. The number of aromatic nitrogens is 1. The van der Waals surface area contributed by atoms with E-state index < -0.39 is 0 Å². The number of benzene rings is 1. The monoisotopic (exact) mass is 571 g/mol. The van der Waals surface area contributed by atoms with E-state index in [2.05, 4.69) is 47.2 Å². The largest absolute Gasteiger partial charge is 0.476 e. The highest BCUT2D eigenvalue weighted by atomic mass is 19.1. The molecule has 4 aliphatic heterocycles. The van der Waals surface area contributed by atoms with Gasteiger partial charge < -0.3 is 15.0 Å². The van der Waals surface area contributed by atoms with Crippen LogP contribution in [0.5, 0.6) is 0 Å². The third-order valence-corrected chi connectivity index (χ3v) is 10.7. The molecule has 2 atom stereocenters. The Balaban J connectivity index is 1.25. The summed E-state index contributed by atoms with van der Waals surface area (Å²) in [4.78, 5) is 15.0. The van der Waals surface area contributed by atoms with Crippen molar-refractivity contribution in [2.24, 2.45) is 4.99 Å². The summed E-state index contributed by atoms with van der Waals surface area (Å²) in [6.45, 7) is 11.0. The van der Waals surface area contributed by atoms with Crippen molar-refractivity contribution < 1.29 is 9.13 Å². The summed E-state index contributed by atoms with van der Waals surface area (Å²) in [7, 11) is 0. The first-order valence-corrected chi connectivity index (χ1v) is 16.3. The molecule has 1 aliphatic carbocycles. The van der Waals surface area contributed by atoms with Crippen LogP contribution in [0.25, 0.3) is 11.3 Å². The van der Waals surface area contributed by atoms with E-state index in [9.17, 15) is 0 Å². The summed E-state index contributed by atoms with van der Waals surface area (Å²) < 4.78 is 23.0. The van der Waals surface area contributed by atoms with Gasteiger partial charge in [-0.3, -0.25) is 9.88 Å². The molecule has 0 radical (unpaired) electrons. The first-order valence-electron chi connectivity index (χ1n) is 16.3. The molecule has 0 spiro atoms. The molecule has 0 amide bonds. The Labute approximate surface area is 250 Å². The van der Waals surface area contributed by atoms with Gasteiger partial charge in [-0.05, 0) is 100 Å². The minimum Gasteiger partial charge on any atom is -0.476 e. The number of pyridine rings is 1. The number of fused-ring (bicyclic) bond motifs is 3. The number of piperazine rings is 1. The summed E-state index contributed by atoms with van der Waals surface area (Å²) in [6, 6.07) is 9.08. The van der Waals surface area contributed by atoms with Gasteiger partial charge in [-0.2, -0.15) is 4.99 Å². The van der Waals surface area contributed by atoms with Crippen molar-refractivity contribution in [1.82, 2.24) is 20.1 Å². The topological polar surface area (TPSA) is 53.0 Å². The number of ether oxygens (including phenoxy) is 1. The second-order valence-electron chi connectivity index (χ2n) is 13.7. The van der Waals surface area contributed by atoms with Crippen molar-refractivity contribution in [3.63, 3.8) is 0 Å². The predicted molar refractivity (Wildman–Crippen MR) is 166 cm³/mol. The molecule has 2 aromatic rings. The van der Waals surface area contributed by atoms with Crippen molar-refractivity contribution >= 4 is 5.84 Å². The molecule has 7 rings (SSSR count). The molecule has 224 valence electrons. The van der Waals surface area contributed by atoms with E-state index in [1.165, 1.54) is 57.2 Å². The summed E-state index contributed by atoms with van der Waals surface area (Å²) in [5, 5.41) is 3.74. The zero-order valence-corrected chi connectivity index (χ0v) is 25.6. The SMILES string of the molecule is CC/C=C(/N=C(\c1cnc(-c2ccccc2C2(C)CC2)c(F)c1C)N1CC2CCC(C1)N2)OCC12CCCN1CCC2. The number of hydrogen-bond donors (Lipinski definition) is 1. The Bertz CT molecular complexity index is 1380. The Morgan fingerprint density at radius 3 is 2.52 bits per heavy atom. The van der Waals surface area contributed by atoms with Crippen LogP contribution in [0.2, 0.25) is 0 Å². The Kier molecular flexibility index (Phi) is 7.38. The van der Waals surface area contributed by atoms with Gasteiger partial charge in [0.25, 0.3) is 0 Å². The van der Waals surface area contributed by atoms with E-state index in [0.717, 1.165) is 49.3 Å². The lowest BCUT2D eigenvalue weighted by molar-refractivity contribution is 0.0716. The molecular weight excluding hydrogens is 525 g/mol. The molecule has 5 heterocycles. The van der Waals surface area contributed by atoms with Gasteiger partial charge in [-0.1, -0.05) is 38.1 Å². The number of allylic oxidation sites excluding steroid dienone is 1. The molecule has 7 heteroatoms. The number of nitrogens with zero attached hydrogens (tertiary/aromatic N) is 4. The maximum Gasteiger partial charge on any atom is 0.211 e. The Morgan fingerprint density at radius 2 is 1.83 bits per heavy atom. The highest BCUT2D eigenvalue weighted by molar-refractivity contribution is 6.01. The minimum absolute atomic E-state index is 0.120. The van der Waals surface area contributed by atoms with E-state index >= 15 is 4.39 Å². The lowest BCUT2D eigenvalue weighted by Gasteiger charge is -2.36. The molecular formula is C35H46FN5O. The van der Waals surface area contributed by atoms with E-state index in [1.807, 2.05) is 25.3 Å². The zero-order valence-electron chi connectivity index (χ0n) is 25.6. The summed E-state index contributed by atoms with van der Waals surface area (Å²) >= 11 is 0. The molecule has 2 unspecified atom stereocenters.